The second-order valence-electron chi connectivity index (χ2n) is 7.26. The van der Waals surface area contributed by atoms with E-state index in [9.17, 15) is 4.79 Å². The topological polar surface area (TPSA) is 72.1 Å². The van der Waals surface area contributed by atoms with Crippen molar-refractivity contribution in [3.8, 4) is 5.82 Å². The van der Waals surface area contributed by atoms with Crippen LogP contribution in [0.2, 0.25) is 5.02 Å². The predicted octanol–water partition coefficient (Wildman–Crippen LogP) is 3.26. The molecule has 0 spiro atoms. The third-order valence-electron chi connectivity index (χ3n) is 4.98. The Morgan fingerprint density at radius 3 is 2.50 bits per heavy atom. The van der Waals surface area contributed by atoms with E-state index in [1.165, 1.54) is 0 Å². The molecule has 30 heavy (non-hydrogen) atoms. The Labute approximate surface area is 179 Å². The number of fused-ring (bicyclic) bond motifs is 1. The van der Waals surface area contributed by atoms with Crippen LogP contribution in [0.3, 0.4) is 0 Å². The summed E-state index contributed by atoms with van der Waals surface area (Å²) < 4.78 is 3.55. The minimum atomic E-state index is -0.194. The van der Waals surface area contributed by atoms with E-state index < -0.39 is 0 Å². The second kappa shape index (κ2) is 7.55. The van der Waals surface area contributed by atoms with Crippen molar-refractivity contribution in [3.05, 3.63) is 64.6 Å². The highest BCUT2D eigenvalue weighted by Crippen LogP contribution is 2.28. The summed E-state index contributed by atoms with van der Waals surface area (Å²) in [6.07, 6.45) is 1.72. The van der Waals surface area contributed by atoms with Gasteiger partial charge in [0.2, 0.25) is 11.7 Å². The first-order chi connectivity index (χ1) is 14.3. The van der Waals surface area contributed by atoms with Gasteiger partial charge in [0, 0.05) is 51.4 Å². The lowest BCUT2D eigenvalue weighted by molar-refractivity contribution is 0.103. The van der Waals surface area contributed by atoms with Crippen molar-refractivity contribution in [1.82, 2.24) is 29.3 Å². The van der Waals surface area contributed by atoms with E-state index in [0.717, 1.165) is 16.9 Å². The van der Waals surface area contributed by atoms with Crippen LogP contribution < -0.4 is 5.01 Å². The Morgan fingerprint density at radius 2 is 1.87 bits per heavy atom. The van der Waals surface area contributed by atoms with Crippen LogP contribution in [0, 0.1) is 6.92 Å². The van der Waals surface area contributed by atoms with Gasteiger partial charge in [-0.3, -0.25) is 19.1 Å². The number of aromatic nitrogens is 5. The number of carbonyl (C=O) groups excluding carboxylic acids is 1. The van der Waals surface area contributed by atoms with E-state index in [2.05, 4.69) is 10.1 Å². The van der Waals surface area contributed by atoms with Crippen molar-refractivity contribution in [3.63, 3.8) is 0 Å². The number of nitrogens with zero attached hydrogens (tertiary/aromatic N) is 7. The van der Waals surface area contributed by atoms with Gasteiger partial charge in [0.25, 0.3) is 0 Å². The first-order valence-corrected chi connectivity index (χ1v) is 9.75. The predicted molar refractivity (Wildman–Crippen MR) is 117 cm³/mol. The summed E-state index contributed by atoms with van der Waals surface area (Å²) >= 11 is 6.32. The lowest BCUT2D eigenvalue weighted by Crippen LogP contribution is -2.34. The van der Waals surface area contributed by atoms with Gasteiger partial charge in [-0.05, 0) is 25.1 Å². The number of rotatable bonds is 5. The Kier molecular flexibility index (Phi) is 5.05. The summed E-state index contributed by atoms with van der Waals surface area (Å²) in [6.45, 7) is 1.91. The smallest absolute Gasteiger partial charge is 0.241 e. The Bertz CT molecular complexity index is 1260. The van der Waals surface area contributed by atoms with E-state index in [1.54, 1.807) is 41.2 Å². The molecule has 0 N–H and O–H groups in total. The largest absolute Gasteiger partial charge is 0.287 e. The molecule has 0 atom stereocenters. The van der Waals surface area contributed by atoms with Crippen molar-refractivity contribution in [2.24, 2.45) is 7.05 Å². The van der Waals surface area contributed by atoms with Gasteiger partial charge >= 0.3 is 0 Å². The van der Waals surface area contributed by atoms with Crippen LogP contribution >= 0.6 is 11.6 Å². The van der Waals surface area contributed by atoms with Gasteiger partial charge in [-0.2, -0.15) is 10.1 Å². The van der Waals surface area contributed by atoms with Crippen molar-refractivity contribution >= 4 is 34.4 Å². The van der Waals surface area contributed by atoms with Crippen molar-refractivity contribution < 1.29 is 4.79 Å². The fourth-order valence-electron chi connectivity index (χ4n) is 3.30. The van der Waals surface area contributed by atoms with Crippen LogP contribution in [0.15, 0.2) is 42.6 Å². The maximum Gasteiger partial charge on any atom is 0.241 e. The third-order valence-corrected chi connectivity index (χ3v) is 5.30. The Morgan fingerprint density at radius 1 is 1.13 bits per heavy atom. The maximum atomic E-state index is 13.5. The molecule has 4 rings (SSSR count). The van der Waals surface area contributed by atoms with E-state index in [0.29, 0.717) is 27.9 Å². The highest BCUT2D eigenvalue weighted by molar-refractivity contribution is 6.35. The lowest BCUT2D eigenvalue weighted by Gasteiger charge is -2.24. The zero-order valence-corrected chi connectivity index (χ0v) is 18.2. The van der Waals surface area contributed by atoms with Gasteiger partial charge in [0.15, 0.2) is 5.65 Å². The molecule has 0 radical (unpaired) electrons. The summed E-state index contributed by atoms with van der Waals surface area (Å²) in [4.78, 5) is 22.7. The molecule has 0 saturated heterocycles. The molecule has 0 amide bonds. The highest BCUT2D eigenvalue weighted by atomic mass is 35.5. The number of aryl methyl sites for hydroxylation is 2. The minimum Gasteiger partial charge on any atom is -0.287 e. The molecule has 0 aliphatic rings. The molecule has 3 aromatic heterocycles. The van der Waals surface area contributed by atoms with Gasteiger partial charge < -0.3 is 0 Å². The number of hydrogen-bond donors (Lipinski definition) is 0. The summed E-state index contributed by atoms with van der Waals surface area (Å²) in [7, 11) is 7.53. The number of hydrazine groups is 1. The number of anilines is 1. The normalized spacial score (nSPS) is 11.4. The SMILES string of the molecule is Cc1cc(-n2c(C(=O)c3ccccc3Cl)cc3cnc(N(C)N(C)C)nc32)n(C)n1. The third kappa shape index (κ3) is 3.34. The number of ketones is 1. The van der Waals surface area contributed by atoms with E-state index in [-0.39, 0.29) is 5.78 Å². The Balaban J connectivity index is 2.00. The average molecular weight is 424 g/mol. The fraction of sp³-hybridized carbons (Fsp3) is 0.238. The molecular formula is C21H22ClN7O. The number of hydrogen-bond acceptors (Lipinski definition) is 6. The molecule has 8 nitrogen and oxygen atoms in total. The number of carbonyl (C=O) groups is 1. The van der Waals surface area contributed by atoms with Crippen molar-refractivity contribution in [2.45, 2.75) is 6.92 Å². The molecule has 0 aliphatic carbocycles. The molecule has 1 aromatic carbocycles. The zero-order chi connectivity index (χ0) is 21.6. The standard InChI is InChI=1S/C21H22ClN7O/c1-13-10-18(27(4)25-13)29-17(19(30)15-8-6-7-9-16(15)22)11-14-12-23-21(24-20(14)29)28(5)26(2)3/h6-12H,1-5H3. The average Bonchev–Trinajstić information content (AvgIpc) is 3.25. The monoisotopic (exact) mass is 423 g/mol. The van der Waals surface area contributed by atoms with Gasteiger partial charge in [-0.25, -0.2) is 9.99 Å². The zero-order valence-electron chi connectivity index (χ0n) is 17.5. The number of benzene rings is 1. The summed E-state index contributed by atoms with van der Waals surface area (Å²) in [5.74, 6) is 1.05. The number of halogens is 1. The molecule has 0 bridgehead atoms. The van der Waals surface area contributed by atoms with Crippen LogP contribution in [0.4, 0.5) is 5.95 Å². The molecule has 0 unspecified atom stereocenters. The van der Waals surface area contributed by atoms with Crippen LogP contribution in [-0.4, -0.2) is 56.3 Å². The molecule has 4 aromatic rings. The Hall–Kier alpha value is -3.23. The fourth-order valence-corrected chi connectivity index (χ4v) is 3.52. The molecular weight excluding hydrogens is 402 g/mol. The van der Waals surface area contributed by atoms with E-state index in [4.69, 9.17) is 16.6 Å². The molecule has 0 fully saturated rings. The first kappa shape index (κ1) is 20.1. The van der Waals surface area contributed by atoms with Gasteiger partial charge in [-0.15, -0.1) is 0 Å². The van der Waals surface area contributed by atoms with Gasteiger partial charge in [0.1, 0.15) is 5.82 Å². The lowest BCUT2D eigenvalue weighted by atomic mass is 10.1. The summed E-state index contributed by atoms with van der Waals surface area (Å²) in [5, 5.41) is 9.29. The van der Waals surface area contributed by atoms with E-state index >= 15 is 0 Å². The maximum absolute atomic E-state index is 13.5. The molecule has 154 valence electrons. The van der Waals surface area contributed by atoms with Crippen molar-refractivity contribution in [2.75, 3.05) is 26.2 Å². The van der Waals surface area contributed by atoms with Crippen molar-refractivity contribution in [1.29, 1.82) is 0 Å². The molecule has 3 heterocycles. The quantitative estimate of drug-likeness (QED) is 0.362. The van der Waals surface area contributed by atoms with E-state index in [1.807, 2.05) is 55.8 Å². The van der Waals surface area contributed by atoms with Crippen LogP contribution in [0.1, 0.15) is 21.7 Å². The van der Waals surface area contributed by atoms with Gasteiger partial charge in [0.05, 0.1) is 16.4 Å². The second-order valence-corrected chi connectivity index (χ2v) is 7.67. The highest BCUT2D eigenvalue weighted by Gasteiger charge is 2.24. The molecule has 0 aliphatic heterocycles. The van der Waals surface area contributed by atoms with Crippen LogP contribution in [0.5, 0.6) is 0 Å². The summed E-state index contributed by atoms with van der Waals surface area (Å²) in [6, 6.07) is 10.7. The van der Waals surface area contributed by atoms with Crippen LogP contribution in [0.25, 0.3) is 16.9 Å². The minimum absolute atomic E-state index is 0.194. The molecule has 9 heteroatoms. The molecule has 0 saturated carbocycles. The van der Waals surface area contributed by atoms with Crippen LogP contribution in [-0.2, 0) is 7.05 Å². The first-order valence-electron chi connectivity index (χ1n) is 9.37. The van der Waals surface area contributed by atoms with Gasteiger partial charge in [-0.1, -0.05) is 23.7 Å². The summed E-state index contributed by atoms with van der Waals surface area (Å²) in [5.41, 5.74) is 2.33.